The Labute approximate surface area is 164 Å². The van der Waals surface area contributed by atoms with Crippen molar-refractivity contribution in [2.45, 2.75) is 32.6 Å². The first kappa shape index (κ1) is 21.4. The maximum atomic E-state index is 12.8. The van der Waals surface area contributed by atoms with Gasteiger partial charge in [-0.05, 0) is 41.2 Å². The van der Waals surface area contributed by atoms with Gasteiger partial charge in [-0.3, -0.25) is 4.79 Å². The third-order valence-electron chi connectivity index (χ3n) is 4.05. The van der Waals surface area contributed by atoms with Gasteiger partial charge in [0.15, 0.2) is 13.2 Å². The Morgan fingerprint density at radius 1 is 1.00 bits per heavy atom. The molecule has 0 aliphatic heterocycles. The van der Waals surface area contributed by atoms with Crippen molar-refractivity contribution in [3.63, 3.8) is 0 Å². The van der Waals surface area contributed by atoms with Gasteiger partial charge in [-0.15, -0.1) is 0 Å². The van der Waals surface area contributed by atoms with Crippen LogP contribution in [-0.4, -0.2) is 31.6 Å². The maximum absolute atomic E-state index is 12.8. The summed E-state index contributed by atoms with van der Waals surface area (Å²) in [7, 11) is 0. The van der Waals surface area contributed by atoms with Crippen LogP contribution in [0.15, 0.2) is 48.5 Å². The van der Waals surface area contributed by atoms with Gasteiger partial charge < -0.3 is 14.8 Å². The van der Waals surface area contributed by atoms with Crippen molar-refractivity contribution < 1.29 is 23.5 Å². The average Bonchev–Trinajstić information content (AvgIpc) is 2.66. The van der Waals surface area contributed by atoms with E-state index in [1.807, 2.05) is 18.2 Å². The second-order valence-corrected chi connectivity index (χ2v) is 7.42. The molecule has 0 aliphatic rings. The highest BCUT2D eigenvalue weighted by molar-refractivity contribution is 5.80. The number of ether oxygens (including phenoxy) is 2. The molecule has 28 heavy (non-hydrogen) atoms. The zero-order valence-electron chi connectivity index (χ0n) is 16.5. The first-order valence-corrected chi connectivity index (χ1v) is 9.15. The van der Waals surface area contributed by atoms with Crippen LogP contribution in [0.1, 0.15) is 31.9 Å². The highest BCUT2D eigenvalue weighted by atomic mass is 19.1. The summed E-state index contributed by atoms with van der Waals surface area (Å²) in [6, 6.07) is 13.6. The van der Waals surface area contributed by atoms with E-state index >= 15 is 0 Å². The number of esters is 1. The molecule has 0 saturated carbocycles. The molecule has 0 radical (unpaired) electrons. The van der Waals surface area contributed by atoms with Gasteiger partial charge in [0.05, 0.1) is 0 Å². The van der Waals surface area contributed by atoms with Gasteiger partial charge >= 0.3 is 5.97 Å². The Bertz CT molecular complexity index is 797. The molecule has 0 unspecified atom stereocenters. The lowest BCUT2D eigenvalue weighted by atomic mass is 9.86. The van der Waals surface area contributed by atoms with E-state index in [1.165, 1.54) is 12.1 Å². The number of para-hydroxylation sites is 1. The number of benzene rings is 2. The monoisotopic (exact) mass is 387 g/mol. The average molecular weight is 387 g/mol. The normalized spacial score (nSPS) is 11.0. The van der Waals surface area contributed by atoms with E-state index in [9.17, 15) is 14.0 Å². The lowest BCUT2D eigenvalue weighted by molar-refractivity contribution is -0.150. The number of rotatable bonds is 8. The SMILES string of the molecule is CC(C)(C)c1ccccc1OCC(=O)OCC(=O)NCCc1ccc(F)cc1. The number of halogens is 1. The molecule has 6 heteroatoms. The number of amides is 1. The van der Waals surface area contributed by atoms with Gasteiger partial charge in [0.25, 0.3) is 5.91 Å². The van der Waals surface area contributed by atoms with E-state index in [4.69, 9.17) is 9.47 Å². The van der Waals surface area contributed by atoms with Crippen LogP contribution in [0.3, 0.4) is 0 Å². The molecule has 0 heterocycles. The van der Waals surface area contributed by atoms with Crippen LogP contribution in [-0.2, 0) is 26.2 Å². The smallest absolute Gasteiger partial charge is 0.344 e. The first-order chi connectivity index (χ1) is 13.3. The van der Waals surface area contributed by atoms with E-state index in [1.54, 1.807) is 18.2 Å². The topological polar surface area (TPSA) is 64.6 Å². The Morgan fingerprint density at radius 3 is 2.36 bits per heavy atom. The molecule has 2 rings (SSSR count). The summed E-state index contributed by atoms with van der Waals surface area (Å²) in [4.78, 5) is 23.6. The summed E-state index contributed by atoms with van der Waals surface area (Å²) in [6.07, 6.45) is 0.562. The van der Waals surface area contributed by atoms with Crippen LogP contribution in [0.25, 0.3) is 0 Å². The summed E-state index contributed by atoms with van der Waals surface area (Å²) in [6.45, 7) is 5.91. The van der Waals surface area contributed by atoms with Crippen LogP contribution < -0.4 is 10.1 Å². The molecule has 0 bridgehead atoms. The third kappa shape index (κ3) is 7.02. The third-order valence-corrected chi connectivity index (χ3v) is 4.05. The summed E-state index contributed by atoms with van der Waals surface area (Å²) >= 11 is 0. The van der Waals surface area contributed by atoms with Crippen molar-refractivity contribution in [3.8, 4) is 5.75 Å². The standard InChI is InChI=1S/C22H26FNO4/c1-22(2,3)18-6-4-5-7-19(18)27-15-21(26)28-14-20(25)24-13-12-16-8-10-17(23)11-9-16/h4-11H,12-15H2,1-3H3,(H,24,25). The number of nitrogens with one attached hydrogen (secondary N) is 1. The molecule has 1 amide bonds. The fraction of sp³-hybridized carbons (Fsp3) is 0.364. The molecule has 0 atom stereocenters. The predicted molar refractivity (Wildman–Crippen MR) is 105 cm³/mol. The molecular weight excluding hydrogens is 361 g/mol. The highest BCUT2D eigenvalue weighted by Gasteiger charge is 2.19. The minimum absolute atomic E-state index is 0.120. The quantitative estimate of drug-likeness (QED) is 0.705. The Balaban J connectivity index is 1.69. The zero-order chi connectivity index (χ0) is 20.6. The Kier molecular flexibility index (Phi) is 7.55. The number of carbonyl (C=O) groups excluding carboxylic acids is 2. The number of hydrogen-bond donors (Lipinski definition) is 1. The van der Waals surface area contributed by atoms with Crippen molar-refractivity contribution >= 4 is 11.9 Å². The molecule has 150 valence electrons. The molecule has 0 spiro atoms. The predicted octanol–water partition coefficient (Wildman–Crippen LogP) is 3.40. The van der Waals surface area contributed by atoms with Gasteiger partial charge in [-0.1, -0.05) is 51.1 Å². The second kappa shape index (κ2) is 9.88. The molecule has 1 N–H and O–H groups in total. The second-order valence-electron chi connectivity index (χ2n) is 7.42. The van der Waals surface area contributed by atoms with Crippen LogP contribution in [0.5, 0.6) is 5.75 Å². The van der Waals surface area contributed by atoms with Crippen molar-refractivity contribution in [1.29, 1.82) is 0 Å². The van der Waals surface area contributed by atoms with Gasteiger partial charge in [0.2, 0.25) is 0 Å². The van der Waals surface area contributed by atoms with Gasteiger partial charge in [0.1, 0.15) is 11.6 Å². The summed E-state index contributed by atoms with van der Waals surface area (Å²) in [5, 5.41) is 2.65. The van der Waals surface area contributed by atoms with E-state index in [2.05, 4.69) is 26.1 Å². The fourth-order valence-corrected chi connectivity index (χ4v) is 2.58. The Morgan fingerprint density at radius 2 is 1.68 bits per heavy atom. The van der Waals surface area contributed by atoms with Gasteiger partial charge in [-0.2, -0.15) is 0 Å². The molecule has 0 aromatic heterocycles. The lowest BCUT2D eigenvalue weighted by Gasteiger charge is -2.22. The van der Waals surface area contributed by atoms with Gasteiger partial charge in [-0.25, -0.2) is 9.18 Å². The van der Waals surface area contributed by atoms with Crippen LogP contribution in [0, 0.1) is 5.82 Å². The minimum atomic E-state index is -0.614. The van der Waals surface area contributed by atoms with Crippen molar-refractivity contribution in [1.82, 2.24) is 5.32 Å². The van der Waals surface area contributed by atoms with Crippen LogP contribution in [0.4, 0.5) is 4.39 Å². The van der Waals surface area contributed by atoms with E-state index in [0.717, 1.165) is 11.1 Å². The number of hydrogen-bond acceptors (Lipinski definition) is 4. The lowest BCUT2D eigenvalue weighted by Crippen LogP contribution is -2.31. The van der Waals surface area contributed by atoms with E-state index < -0.39 is 11.9 Å². The molecular formula is C22H26FNO4. The molecule has 0 saturated heterocycles. The van der Waals surface area contributed by atoms with E-state index in [0.29, 0.717) is 18.7 Å². The van der Waals surface area contributed by atoms with Crippen molar-refractivity contribution in [2.75, 3.05) is 19.8 Å². The molecule has 5 nitrogen and oxygen atoms in total. The number of carbonyl (C=O) groups is 2. The summed E-state index contributed by atoms with van der Waals surface area (Å²) in [5.41, 5.74) is 1.77. The molecule has 2 aromatic carbocycles. The first-order valence-electron chi connectivity index (χ1n) is 9.15. The van der Waals surface area contributed by atoms with Crippen molar-refractivity contribution in [2.24, 2.45) is 0 Å². The van der Waals surface area contributed by atoms with Crippen LogP contribution >= 0.6 is 0 Å². The Hall–Kier alpha value is -2.89. The molecule has 2 aromatic rings. The van der Waals surface area contributed by atoms with Crippen LogP contribution in [0.2, 0.25) is 0 Å². The minimum Gasteiger partial charge on any atom is -0.482 e. The summed E-state index contributed by atoms with van der Waals surface area (Å²) < 4.78 is 23.3. The largest absolute Gasteiger partial charge is 0.482 e. The fourth-order valence-electron chi connectivity index (χ4n) is 2.58. The maximum Gasteiger partial charge on any atom is 0.344 e. The zero-order valence-corrected chi connectivity index (χ0v) is 16.5. The van der Waals surface area contributed by atoms with Gasteiger partial charge in [0, 0.05) is 6.54 Å². The van der Waals surface area contributed by atoms with E-state index in [-0.39, 0.29) is 24.4 Å². The highest BCUT2D eigenvalue weighted by Crippen LogP contribution is 2.30. The summed E-state index contributed by atoms with van der Waals surface area (Å²) in [5.74, 6) is -0.689. The molecule has 0 aliphatic carbocycles. The van der Waals surface area contributed by atoms with Crippen molar-refractivity contribution in [3.05, 3.63) is 65.5 Å². The molecule has 0 fully saturated rings.